The first-order chi connectivity index (χ1) is 17.0. The Hall–Kier alpha value is -1.56. The van der Waals surface area contributed by atoms with Crippen LogP contribution in [0.4, 0.5) is 92.2 Å². The van der Waals surface area contributed by atoms with Crippen molar-refractivity contribution in [2.75, 3.05) is 5.70 Å². The lowest BCUT2D eigenvalue weighted by Crippen LogP contribution is -2.76. The Kier molecular flexibility index (Phi) is 6.71. The van der Waals surface area contributed by atoms with Crippen molar-refractivity contribution in [3.05, 3.63) is 0 Å². The topological polar surface area (TPSA) is 54.4 Å². The molecule has 0 rings (SSSR count). The summed E-state index contributed by atoms with van der Waals surface area (Å²) in [6, 6.07) is 0. The van der Waals surface area contributed by atoms with Crippen LogP contribution >= 0.6 is 0 Å². The third kappa shape index (κ3) is 4.85. The molecular weight excluding hydrogens is 625 g/mol. The highest BCUT2D eigenvalue weighted by molar-refractivity contribution is 7.85. The van der Waals surface area contributed by atoms with E-state index in [1.54, 1.807) is 0 Å². The van der Waals surface area contributed by atoms with Crippen LogP contribution in [-0.2, 0) is 10.1 Å². The van der Waals surface area contributed by atoms with Gasteiger partial charge >= 0.3 is 59.5 Å². The van der Waals surface area contributed by atoms with Crippen LogP contribution in [0.25, 0.3) is 0 Å². The average Bonchev–Trinajstić information content (AvgIpc) is 2.70. The molecule has 0 aromatic carbocycles. The van der Waals surface area contributed by atoms with Gasteiger partial charge in [-0.1, -0.05) is 0 Å². The van der Waals surface area contributed by atoms with Crippen molar-refractivity contribution in [3.63, 3.8) is 0 Å². The van der Waals surface area contributed by atoms with Crippen LogP contribution in [0.5, 0.6) is 0 Å². The van der Waals surface area contributed by atoms with Gasteiger partial charge in [-0.05, 0) is 0 Å². The second kappa shape index (κ2) is 8.72. The van der Waals surface area contributed by atoms with Crippen molar-refractivity contribution in [1.82, 2.24) is 0 Å². The zero-order valence-electron chi connectivity index (χ0n) is 19.6. The highest BCUT2D eigenvalue weighted by Crippen LogP contribution is 2.66. The fraction of sp³-hybridized carbons (Fsp3) is 1.00. The minimum absolute atomic E-state index is 6.05. The zero-order chi connectivity index (χ0) is 34.5. The van der Waals surface area contributed by atoms with E-state index in [-0.39, 0.29) is 0 Å². The van der Waals surface area contributed by atoms with Gasteiger partial charge in [0, 0.05) is 11.9 Å². The van der Waals surface area contributed by atoms with Crippen molar-refractivity contribution < 1.29 is 111 Å². The molecule has 224 valence electrons. The Morgan fingerprint density at radius 1 is 0.459 bits per heavy atom. The van der Waals surface area contributed by atoms with Gasteiger partial charge in [0.2, 0.25) is 0 Å². The predicted octanol–water partition coefficient (Wildman–Crippen LogP) is 6.54. The minimum atomic E-state index is -9.52. The van der Waals surface area contributed by atoms with Crippen molar-refractivity contribution in [1.29, 1.82) is 0 Å². The number of hydrogen-bond donors (Lipinski definition) is 1. The molecule has 0 radical (unpaired) electrons. The highest BCUT2D eigenvalue weighted by Gasteiger charge is 2.97. The van der Waals surface area contributed by atoms with E-state index >= 15 is 0 Å². The summed E-state index contributed by atoms with van der Waals surface area (Å²) in [5, 5.41) is 0. The molecule has 0 aromatic rings. The van der Waals surface area contributed by atoms with E-state index in [1.165, 1.54) is 0 Å². The maximum absolute atomic E-state index is 13.9. The molecule has 0 atom stereocenters. The first kappa shape index (κ1) is 28.4. The van der Waals surface area contributed by atoms with E-state index in [9.17, 15) is 101 Å². The Balaban J connectivity index is 7.45. The van der Waals surface area contributed by atoms with Crippen molar-refractivity contribution in [2.24, 2.45) is 0 Å². The molecule has 0 fully saturated rings. The molecule has 0 aliphatic heterocycles. The number of alkyl halides is 21. The number of hydrogen-bond acceptors (Lipinski definition) is 2. The molecule has 0 amide bonds. The Labute approximate surface area is 193 Å². The number of rotatable bonds is 11. The zero-order valence-corrected chi connectivity index (χ0v) is 16.4. The summed E-state index contributed by atoms with van der Waals surface area (Å²) in [7, 11) is -7.20. The van der Waals surface area contributed by atoms with E-state index < -0.39 is 81.7 Å². The van der Waals surface area contributed by atoms with Gasteiger partial charge in [0.1, 0.15) is 0 Å². The first-order valence-electron chi connectivity index (χ1n) is 9.44. The molecule has 3 nitrogen and oxygen atoms in total. The normalized spacial score (nSPS) is 19.2. The van der Waals surface area contributed by atoms with Crippen LogP contribution in [0.15, 0.2) is 0 Å². The van der Waals surface area contributed by atoms with E-state index in [1.807, 2.05) is 0 Å². The Bertz CT molecular complexity index is 1110. The quantitative estimate of drug-likeness (QED) is 0.160. The third-order valence-corrected chi connectivity index (χ3v) is 4.21. The summed E-state index contributed by atoms with van der Waals surface area (Å²) < 4.78 is 334. The fourth-order valence-electron chi connectivity index (χ4n) is 1.77. The van der Waals surface area contributed by atoms with Gasteiger partial charge in [-0.2, -0.15) is 101 Å². The van der Waals surface area contributed by atoms with Crippen LogP contribution < -0.4 is 0 Å². The van der Waals surface area contributed by atoms with Crippen LogP contribution in [-0.4, -0.2) is 78.2 Å². The van der Waals surface area contributed by atoms with Gasteiger partial charge in [-0.15, -0.1) is 0 Å². The van der Waals surface area contributed by atoms with Crippen molar-refractivity contribution in [3.8, 4) is 0 Å². The monoisotopic (exact) mass is 634 g/mol. The molecule has 0 aliphatic carbocycles. The summed E-state index contributed by atoms with van der Waals surface area (Å²) in [6.45, 7) is 0. The molecule has 0 aliphatic rings. The van der Waals surface area contributed by atoms with Crippen molar-refractivity contribution >= 4 is 10.1 Å². The summed E-state index contributed by atoms with van der Waals surface area (Å²) in [5.41, 5.74) is -6.05. The summed E-state index contributed by atoms with van der Waals surface area (Å²) in [6.07, 6.45) is -14.9. The second-order valence-electron chi connectivity index (χ2n) is 6.37. The van der Waals surface area contributed by atoms with Gasteiger partial charge < -0.3 is 0 Å². The third-order valence-electron chi connectivity index (χ3n) is 3.85. The largest absolute Gasteiger partial charge is 0.460 e. The Morgan fingerprint density at radius 2 is 0.676 bits per heavy atom. The van der Waals surface area contributed by atoms with E-state index in [4.69, 9.17) is 10.0 Å². The van der Waals surface area contributed by atoms with Crippen molar-refractivity contribution in [2.45, 2.75) is 65.9 Å². The summed E-state index contributed by atoms with van der Waals surface area (Å²) in [4.78, 5) is 0. The summed E-state index contributed by atoms with van der Waals surface area (Å²) in [5.74, 6) is -82.0. The lowest BCUT2D eigenvalue weighted by molar-refractivity contribution is -0.474. The first-order valence-corrected chi connectivity index (χ1v) is 8.88. The van der Waals surface area contributed by atoms with E-state index in [0.29, 0.717) is 0 Å². The smallest absolute Gasteiger partial charge is 0.286 e. The predicted molar refractivity (Wildman–Crippen MR) is 71.6 cm³/mol. The molecule has 1 N–H and O–H groups in total. The Morgan fingerprint density at radius 3 is 0.892 bits per heavy atom. The molecule has 25 heteroatoms. The van der Waals surface area contributed by atoms with Crippen LogP contribution in [0.1, 0.15) is 11.9 Å². The standard InChI is InChI=1S/C12H5F21O3S/c13-3(14,1-2-37(34,35)36)4(15,16)5(17,18)6(19,20)7(21,22)8(23,24)9(25,26)10(27,28)11(29,30)12(31,32)33/h1-2H2,(H,34,35,36)/i1+1D2,2+1D2. The van der Waals surface area contributed by atoms with Crippen LogP contribution in [0.3, 0.4) is 0 Å². The van der Waals surface area contributed by atoms with Gasteiger partial charge in [-0.3, -0.25) is 4.55 Å². The van der Waals surface area contributed by atoms with E-state index in [2.05, 4.69) is 0 Å². The maximum atomic E-state index is 13.9. The molecule has 0 saturated carbocycles. The lowest BCUT2D eigenvalue weighted by Gasteiger charge is -2.44. The molecule has 0 bridgehead atoms. The SMILES string of the molecule is [2H][13C]([2H])(C(F)(F)C(F)(F)C(F)(F)C(F)(F)C(F)(F)C(F)(F)C(F)(F)C(F)(F)C(F)(F)C(F)(F)F)[13C]([2H])([2H])S(=O)(=O)O. The number of halogens is 21. The fourth-order valence-corrected chi connectivity index (χ4v) is 2.02. The van der Waals surface area contributed by atoms with Gasteiger partial charge in [0.25, 0.3) is 10.1 Å². The maximum Gasteiger partial charge on any atom is 0.460 e. The molecule has 0 saturated heterocycles. The highest BCUT2D eigenvalue weighted by atomic mass is 32.2. The average molecular weight is 634 g/mol. The van der Waals surface area contributed by atoms with Crippen LogP contribution in [0.2, 0.25) is 0 Å². The van der Waals surface area contributed by atoms with Crippen LogP contribution in [0, 0.1) is 0 Å². The molecule has 37 heavy (non-hydrogen) atoms. The molecule has 0 spiro atoms. The lowest BCUT2D eigenvalue weighted by atomic mass is 9.87. The molecular formula is C12H5F21O3S. The van der Waals surface area contributed by atoms with Gasteiger partial charge in [0.05, 0.1) is 5.70 Å². The minimum Gasteiger partial charge on any atom is -0.286 e. The molecule has 0 heterocycles. The van der Waals surface area contributed by atoms with Gasteiger partial charge in [0.15, 0.2) is 0 Å². The summed E-state index contributed by atoms with van der Waals surface area (Å²) >= 11 is 0. The second-order valence-corrected chi connectivity index (χ2v) is 7.52. The van der Waals surface area contributed by atoms with Gasteiger partial charge in [-0.25, -0.2) is 0 Å². The molecule has 0 aromatic heterocycles. The van der Waals surface area contributed by atoms with E-state index in [0.717, 1.165) is 0 Å². The molecule has 0 unspecified atom stereocenters.